The van der Waals surface area contributed by atoms with Gasteiger partial charge in [0.25, 0.3) is 0 Å². The zero-order chi connectivity index (χ0) is 33.5. The van der Waals surface area contributed by atoms with Crippen molar-refractivity contribution < 1.29 is 24.4 Å². The van der Waals surface area contributed by atoms with Crippen molar-refractivity contribution in [1.82, 2.24) is 9.80 Å². The Morgan fingerprint density at radius 3 is 2.40 bits per heavy atom. The maximum atomic E-state index is 14.3. The molecule has 7 nitrogen and oxygen atoms in total. The molecule has 0 spiro atoms. The molecular weight excluding hydrogens is 599 g/mol. The van der Waals surface area contributed by atoms with Crippen LogP contribution in [0.2, 0.25) is 6.32 Å². The van der Waals surface area contributed by atoms with Gasteiger partial charge in [-0.3, -0.25) is 19.4 Å². The van der Waals surface area contributed by atoms with Crippen molar-refractivity contribution in [3.05, 3.63) is 94.6 Å². The number of hydrogen-bond donors (Lipinski definition) is 2. The second kappa shape index (κ2) is 13.7. The number of carbonyl (C=O) groups excluding carboxylic acids is 2. The topological polar surface area (TPSA) is 90.3 Å². The molecule has 1 aliphatic carbocycles. The fourth-order valence-electron chi connectivity index (χ4n) is 8.94. The number of allylic oxidation sites excluding steroid dienone is 2. The van der Waals surface area contributed by atoms with Crippen molar-refractivity contribution in [3.8, 4) is 5.75 Å². The average Bonchev–Trinajstić information content (AvgIpc) is 3.34. The number of nitrogens with zero attached hydrogens (tertiary/aromatic N) is 2. The monoisotopic (exact) mass is 646 g/mol. The number of phenols is 1. The van der Waals surface area contributed by atoms with E-state index in [1.807, 2.05) is 36.4 Å². The highest BCUT2D eigenvalue weighted by Gasteiger charge is 2.58. The van der Waals surface area contributed by atoms with Gasteiger partial charge in [0.2, 0.25) is 11.8 Å². The van der Waals surface area contributed by atoms with Crippen LogP contribution in [-0.4, -0.2) is 64.1 Å². The number of piperidine rings is 1. The number of hydrogen-bond acceptors (Lipinski definition) is 6. The van der Waals surface area contributed by atoms with Crippen molar-refractivity contribution in [2.24, 2.45) is 23.7 Å². The molecule has 3 aromatic rings. The first-order chi connectivity index (χ1) is 23.2. The summed E-state index contributed by atoms with van der Waals surface area (Å²) in [6.07, 6.45) is 5.81. The van der Waals surface area contributed by atoms with Gasteiger partial charge in [-0.05, 0) is 85.3 Å². The summed E-state index contributed by atoms with van der Waals surface area (Å²) in [6.45, 7) is 9.05. The number of carbonyl (C=O) groups is 2. The summed E-state index contributed by atoms with van der Waals surface area (Å²) in [5.74, 6) is -0.560. The Balaban J connectivity index is 1.08. The molecule has 4 aliphatic rings. The van der Waals surface area contributed by atoms with Crippen molar-refractivity contribution in [1.29, 1.82) is 0 Å². The molecule has 2 amide bonds. The zero-order valence-electron chi connectivity index (χ0n) is 28.3. The van der Waals surface area contributed by atoms with E-state index in [1.165, 1.54) is 16.7 Å². The molecule has 2 N–H and O–H groups in total. The Kier molecular flexibility index (Phi) is 9.33. The van der Waals surface area contributed by atoms with E-state index in [9.17, 15) is 19.7 Å². The molecule has 0 unspecified atom stereocenters. The van der Waals surface area contributed by atoms with Gasteiger partial charge in [-0.1, -0.05) is 91.7 Å². The molecule has 3 saturated heterocycles. The Morgan fingerprint density at radius 2 is 1.67 bits per heavy atom. The smallest absolute Gasteiger partial charge is 0.455 e. The fourth-order valence-corrected chi connectivity index (χ4v) is 8.94. The van der Waals surface area contributed by atoms with Crippen LogP contribution in [0.3, 0.4) is 0 Å². The van der Waals surface area contributed by atoms with Crippen LogP contribution in [0.25, 0.3) is 16.8 Å². The lowest BCUT2D eigenvalue weighted by Gasteiger charge is -2.44. The summed E-state index contributed by atoms with van der Waals surface area (Å²) >= 11 is 0. The Morgan fingerprint density at radius 1 is 0.958 bits per heavy atom. The molecule has 4 atom stereocenters. The first kappa shape index (κ1) is 32.8. The number of likely N-dealkylation sites (tertiary alicyclic amines) is 2. The lowest BCUT2D eigenvalue weighted by Crippen LogP contribution is -2.48. The highest BCUT2D eigenvalue weighted by Crippen LogP contribution is 2.52. The van der Waals surface area contributed by atoms with Gasteiger partial charge in [0, 0.05) is 31.1 Å². The molecular formula is C40H47BN2O5. The molecule has 3 heterocycles. The van der Waals surface area contributed by atoms with E-state index in [4.69, 9.17) is 4.65 Å². The van der Waals surface area contributed by atoms with E-state index >= 15 is 0 Å². The Hall–Kier alpha value is -3.72. The van der Waals surface area contributed by atoms with E-state index < -0.39 is 13.0 Å². The second-order valence-electron chi connectivity index (χ2n) is 14.7. The fraction of sp³-hybridized carbons (Fsp3) is 0.450. The van der Waals surface area contributed by atoms with Crippen molar-refractivity contribution in [2.75, 3.05) is 13.1 Å². The van der Waals surface area contributed by atoms with E-state index in [0.29, 0.717) is 19.2 Å². The molecule has 0 bridgehead atoms. The third-order valence-electron chi connectivity index (χ3n) is 11.3. The van der Waals surface area contributed by atoms with Crippen molar-refractivity contribution in [3.63, 3.8) is 0 Å². The maximum Gasteiger partial charge on any atom is 0.455 e. The summed E-state index contributed by atoms with van der Waals surface area (Å²) in [5.41, 5.74) is 5.88. The summed E-state index contributed by atoms with van der Waals surface area (Å²) in [7, 11) is -0.973. The minimum absolute atomic E-state index is 0.0128. The van der Waals surface area contributed by atoms with Crippen LogP contribution in [0, 0.1) is 23.7 Å². The molecule has 0 saturated carbocycles. The van der Waals surface area contributed by atoms with E-state index in [2.05, 4.69) is 56.0 Å². The van der Waals surface area contributed by atoms with Gasteiger partial charge >= 0.3 is 7.12 Å². The quantitative estimate of drug-likeness (QED) is 0.158. The van der Waals surface area contributed by atoms with Crippen LogP contribution in [0.1, 0.15) is 64.0 Å². The summed E-state index contributed by atoms with van der Waals surface area (Å²) in [6, 6.07) is 21.9. The van der Waals surface area contributed by atoms with Crippen LogP contribution < -0.4 is 0 Å². The number of phenolic OH excluding ortho intramolecular Hbond substituents is 1. The van der Waals surface area contributed by atoms with Crippen molar-refractivity contribution in [2.45, 2.75) is 77.9 Å². The summed E-state index contributed by atoms with van der Waals surface area (Å²) < 4.78 is 6.26. The van der Waals surface area contributed by atoms with E-state index in [0.717, 1.165) is 60.8 Å². The van der Waals surface area contributed by atoms with Gasteiger partial charge in [0.05, 0.1) is 17.9 Å². The summed E-state index contributed by atoms with van der Waals surface area (Å²) in [4.78, 5) is 32.4. The average molecular weight is 647 g/mol. The molecule has 8 heteroatoms. The number of benzene rings is 3. The molecule has 0 aromatic heterocycles. The Labute approximate surface area is 284 Å². The lowest BCUT2D eigenvalue weighted by atomic mass is 9.57. The standard InChI is InChI=1S/C40H47BN2O5/c1-25(2)32-22-33-38(40(46)43(39(33)45)29-17-19-42(20-18-29)24-27-9-5-4-6-10-27)34-23-41(47)48-36(37(32)34)16-13-26(3)21-28-14-15-35(44)31-12-8-7-11-30(28)31/h4-12,14-15,21,25,29,33-34,36,38,44,47H,13,16-20,22-24H2,1-3H3/b26-21+/t33-,34+,36-,38-/m1/s1. The van der Waals surface area contributed by atoms with E-state index in [-0.39, 0.29) is 47.5 Å². The molecule has 3 aliphatic heterocycles. The number of aromatic hydroxyl groups is 1. The molecule has 3 fully saturated rings. The minimum Gasteiger partial charge on any atom is -0.507 e. The number of amides is 2. The number of imide groups is 1. The third kappa shape index (κ3) is 6.26. The van der Waals surface area contributed by atoms with Gasteiger partial charge in [0.15, 0.2) is 0 Å². The number of rotatable bonds is 8. The first-order valence-electron chi connectivity index (χ1n) is 17.8. The third-order valence-corrected chi connectivity index (χ3v) is 11.3. The Bertz CT molecular complexity index is 1740. The van der Waals surface area contributed by atoms with Gasteiger partial charge in [-0.2, -0.15) is 0 Å². The molecule has 7 rings (SSSR count). The highest BCUT2D eigenvalue weighted by atomic mass is 16.5. The van der Waals surface area contributed by atoms with Crippen LogP contribution in [-0.2, 0) is 20.8 Å². The largest absolute Gasteiger partial charge is 0.507 e. The molecule has 3 aromatic carbocycles. The highest BCUT2D eigenvalue weighted by molar-refractivity contribution is 6.43. The van der Waals surface area contributed by atoms with Crippen LogP contribution in [0.15, 0.2) is 83.4 Å². The number of fused-ring (bicyclic) bond motifs is 4. The van der Waals surface area contributed by atoms with Gasteiger partial charge < -0.3 is 14.8 Å². The predicted octanol–water partition coefficient (Wildman–Crippen LogP) is 6.85. The second-order valence-corrected chi connectivity index (χ2v) is 14.7. The van der Waals surface area contributed by atoms with Crippen LogP contribution in [0.5, 0.6) is 5.75 Å². The van der Waals surface area contributed by atoms with Gasteiger partial charge in [-0.25, -0.2) is 0 Å². The maximum absolute atomic E-state index is 14.3. The minimum atomic E-state index is -0.973. The first-order valence-corrected chi connectivity index (χ1v) is 17.8. The predicted molar refractivity (Wildman–Crippen MR) is 190 cm³/mol. The SMILES string of the molecule is C/C(=C\c1ccc(O)c2ccccc12)CC[C@H]1OB(O)C[C@H]2C1=C(C(C)C)C[C@H]1C(=O)N(C3CCN(Cc4ccccc4)CC3)C(=O)[C@H]12. The van der Waals surface area contributed by atoms with Crippen LogP contribution in [0.4, 0.5) is 0 Å². The van der Waals surface area contributed by atoms with Crippen LogP contribution >= 0.6 is 0 Å². The van der Waals surface area contributed by atoms with E-state index in [1.54, 1.807) is 11.0 Å². The summed E-state index contributed by atoms with van der Waals surface area (Å²) in [5, 5.41) is 23.2. The van der Waals surface area contributed by atoms with Gasteiger partial charge in [-0.15, -0.1) is 0 Å². The van der Waals surface area contributed by atoms with Gasteiger partial charge in [0.1, 0.15) is 5.75 Å². The normalized spacial score (nSPS) is 25.7. The molecule has 48 heavy (non-hydrogen) atoms. The molecule has 0 radical (unpaired) electrons. The van der Waals surface area contributed by atoms with Crippen molar-refractivity contribution >= 4 is 35.8 Å². The molecule has 250 valence electrons. The lowest BCUT2D eigenvalue weighted by molar-refractivity contribution is -0.144. The zero-order valence-corrected chi connectivity index (χ0v) is 28.3.